The molecule has 4 aromatic rings. The fraction of sp³-hybridized carbons (Fsp3) is 0.242. The van der Waals surface area contributed by atoms with Gasteiger partial charge in [0.05, 0.1) is 34.0 Å². The third-order valence-corrected chi connectivity index (χ3v) is 10.1. The molecule has 1 aromatic heterocycles. The Labute approximate surface area is 256 Å². The van der Waals surface area contributed by atoms with Gasteiger partial charge in [-0.05, 0) is 60.4 Å². The molecule has 218 valence electrons. The molecule has 5 rings (SSSR count). The quantitative estimate of drug-likeness (QED) is 0.0981. The molecule has 6 nitrogen and oxygen atoms in total. The summed E-state index contributed by atoms with van der Waals surface area (Å²) in [4.78, 5) is 3.59. The van der Waals surface area contributed by atoms with Gasteiger partial charge in [0.25, 0.3) is 5.01 Å². The average molecular weight is 619 g/mol. The van der Waals surface area contributed by atoms with Crippen LogP contribution in [-0.4, -0.2) is 32.4 Å². The molecule has 0 aliphatic carbocycles. The van der Waals surface area contributed by atoms with Gasteiger partial charge in [-0.1, -0.05) is 78.6 Å². The van der Waals surface area contributed by atoms with Crippen molar-refractivity contribution < 1.29 is 22.3 Å². The van der Waals surface area contributed by atoms with Crippen molar-refractivity contribution in [2.45, 2.75) is 38.1 Å². The molecule has 0 atom stereocenters. The minimum absolute atomic E-state index is 0.249. The monoisotopic (exact) mass is 618 g/mol. The second kappa shape index (κ2) is 13.3. The molecular weight excluding hydrogens is 585 g/mol. The molecule has 0 bridgehead atoms. The zero-order valence-electron chi connectivity index (χ0n) is 23.9. The van der Waals surface area contributed by atoms with E-state index in [1.807, 2.05) is 36.4 Å². The van der Waals surface area contributed by atoms with Gasteiger partial charge in [-0.2, -0.15) is 4.57 Å². The van der Waals surface area contributed by atoms with Gasteiger partial charge in [0.15, 0.2) is 6.54 Å². The first-order valence-electron chi connectivity index (χ1n) is 14.0. The predicted octanol–water partition coefficient (Wildman–Crippen LogP) is 7.57. The van der Waals surface area contributed by atoms with Crippen LogP contribution in [0.15, 0.2) is 88.3 Å². The van der Waals surface area contributed by atoms with Crippen LogP contribution in [0.3, 0.4) is 0 Å². The van der Waals surface area contributed by atoms with E-state index < -0.39 is 15.9 Å². The van der Waals surface area contributed by atoms with Crippen molar-refractivity contribution in [3.05, 3.63) is 99.5 Å². The van der Waals surface area contributed by atoms with E-state index in [-0.39, 0.29) is 6.42 Å². The Morgan fingerprint density at radius 1 is 1.02 bits per heavy atom. The highest BCUT2D eigenvalue weighted by molar-refractivity contribution is 8.03. The molecule has 0 saturated heterocycles. The predicted molar refractivity (Wildman–Crippen MR) is 175 cm³/mol. The zero-order valence-corrected chi connectivity index (χ0v) is 26.4. The number of nitrogens with zero attached hydrogens (tertiary/aromatic N) is 2. The van der Waals surface area contributed by atoms with E-state index in [1.165, 1.54) is 21.2 Å². The number of anilines is 1. The Morgan fingerprint density at radius 3 is 2.52 bits per heavy atom. The van der Waals surface area contributed by atoms with E-state index in [0.717, 1.165) is 45.1 Å². The van der Waals surface area contributed by atoms with Crippen molar-refractivity contribution in [2.75, 3.05) is 24.3 Å². The summed E-state index contributed by atoms with van der Waals surface area (Å²) in [5.41, 5.74) is 5.67. The van der Waals surface area contributed by atoms with E-state index in [2.05, 4.69) is 78.0 Å². The summed E-state index contributed by atoms with van der Waals surface area (Å²) >= 11 is 3.43. The van der Waals surface area contributed by atoms with Crippen LogP contribution in [-0.2, 0) is 16.7 Å². The first-order valence-corrected chi connectivity index (χ1v) is 17.2. The Morgan fingerprint density at radius 2 is 1.81 bits per heavy atom. The molecular formula is C33H34N2O4S3. The number of ether oxygens (including phenoxy) is 1. The van der Waals surface area contributed by atoms with E-state index >= 15 is 0 Å². The maximum atomic E-state index is 11.3. The van der Waals surface area contributed by atoms with E-state index in [4.69, 9.17) is 4.74 Å². The standard InChI is InChI=1S/C33H34N2O4S3/c1-4-24(22-33-35(18-9-19-42(36,37)38)29-23-27(39-3)15-17-31(29)41-33)21-32-34(5-2)28-20-26(14-16-30(28)40-32)13-12-25-10-7-6-8-11-25/h6-8,10-17,20-23H,4-5,9,18-19H2,1-3H3/b13-12+. The number of benzene rings is 3. The van der Waals surface area contributed by atoms with Gasteiger partial charge in [-0.25, -0.2) is 8.42 Å². The number of thiazole rings is 1. The van der Waals surface area contributed by atoms with Crippen molar-refractivity contribution in [1.82, 2.24) is 0 Å². The number of hydrogen-bond acceptors (Lipinski definition) is 7. The highest BCUT2D eigenvalue weighted by Crippen LogP contribution is 2.47. The molecule has 1 aliphatic rings. The number of hydrogen-bond donors (Lipinski definition) is 0. The molecule has 0 N–H and O–H groups in total. The van der Waals surface area contributed by atoms with Crippen LogP contribution in [0.4, 0.5) is 5.69 Å². The van der Waals surface area contributed by atoms with Gasteiger partial charge < -0.3 is 14.2 Å². The van der Waals surface area contributed by atoms with Crippen LogP contribution in [0.2, 0.25) is 0 Å². The molecule has 1 aliphatic heterocycles. The van der Waals surface area contributed by atoms with Gasteiger partial charge >= 0.3 is 0 Å². The van der Waals surface area contributed by atoms with Gasteiger partial charge in [0.1, 0.15) is 10.4 Å². The summed E-state index contributed by atoms with van der Waals surface area (Å²) in [6.07, 6.45) is 9.80. The van der Waals surface area contributed by atoms with Crippen molar-refractivity contribution >= 4 is 67.3 Å². The van der Waals surface area contributed by atoms with Crippen LogP contribution in [0, 0.1) is 0 Å². The van der Waals surface area contributed by atoms with Crippen molar-refractivity contribution in [3.8, 4) is 5.75 Å². The van der Waals surface area contributed by atoms with Crippen LogP contribution < -0.4 is 14.2 Å². The highest BCUT2D eigenvalue weighted by Gasteiger charge is 2.25. The number of thioether (sulfide) groups is 1. The second-order valence-corrected chi connectivity index (χ2v) is 13.6. The highest BCUT2D eigenvalue weighted by atomic mass is 32.2. The zero-order chi connectivity index (χ0) is 29.7. The van der Waals surface area contributed by atoms with Crippen LogP contribution in [0.25, 0.3) is 28.4 Å². The largest absolute Gasteiger partial charge is 0.748 e. The molecule has 2 heterocycles. The normalized spacial score (nSPS) is 14.8. The van der Waals surface area contributed by atoms with Gasteiger partial charge in [0.2, 0.25) is 5.52 Å². The van der Waals surface area contributed by atoms with Crippen molar-refractivity contribution in [1.29, 1.82) is 0 Å². The average Bonchev–Trinajstić information content (AvgIpc) is 3.51. The molecule has 0 spiro atoms. The number of methoxy groups -OCH3 is 1. The fourth-order valence-corrected chi connectivity index (χ4v) is 7.73. The van der Waals surface area contributed by atoms with E-state index in [9.17, 15) is 13.0 Å². The molecule has 0 radical (unpaired) electrons. The summed E-state index contributed by atoms with van der Waals surface area (Å²) in [5.74, 6) is 0.341. The molecule has 0 saturated carbocycles. The lowest BCUT2D eigenvalue weighted by molar-refractivity contribution is -0.668. The van der Waals surface area contributed by atoms with Crippen LogP contribution in [0.5, 0.6) is 5.75 Å². The van der Waals surface area contributed by atoms with Gasteiger partial charge in [-0.3, -0.25) is 0 Å². The summed E-state index contributed by atoms with van der Waals surface area (Å²) in [6, 6.07) is 22.8. The number of allylic oxidation sites excluding steroid dienone is 2. The lowest BCUT2D eigenvalue weighted by atomic mass is 10.1. The minimum Gasteiger partial charge on any atom is -0.748 e. The van der Waals surface area contributed by atoms with Crippen molar-refractivity contribution in [2.24, 2.45) is 0 Å². The maximum absolute atomic E-state index is 11.3. The molecule has 0 unspecified atom stereocenters. The Hall–Kier alpha value is -3.37. The summed E-state index contributed by atoms with van der Waals surface area (Å²) in [5, 5.41) is 2.18. The van der Waals surface area contributed by atoms with Crippen molar-refractivity contribution in [3.63, 3.8) is 0 Å². The third kappa shape index (κ3) is 7.15. The van der Waals surface area contributed by atoms with Crippen LogP contribution >= 0.6 is 23.1 Å². The van der Waals surface area contributed by atoms with Crippen LogP contribution in [0.1, 0.15) is 42.8 Å². The number of rotatable bonds is 11. The lowest BCUT2D eigenvalue weighted by Gasteiger charge is -2.18. The van der Waals surface area contributed by atoms with E-state index in [0.29, 0.717) is 6.54 Å². The molecule has 42 heavy (non-hydrogen) atoms. The molecule has 0 amide bonds. The Bertz CT molecular complexity index is 1770. The smallest absolute Gasteiger partial charge is 0.263 e. The summed E-state index contributed by atoms with van der Waals surface area (Å²) in [7, 11) is -2.65. The number of fused-ring (bicyclic) bond motifs is 2. The summed E-state index contributed by atoms with van der Waals surface area (Å²) in [6.45, 7) is 5.58. The molecule has 9 heteroatoms. The van der Waals surface area contributed by atoms with Gasteiger partial charge in [0, 0.05) is 29.7 Å². The fourth-order valence-electron chi connectivity index (χ4n) is 4.92. The SMILES string of the molecule is CCC(=C\c1sc2ccc(OC)cc2[n+]1CCCS(=O)(=O)[O-])/C=C1/Sc2ccc(/C=C/c3ccccc3)cc2N1CC. The number of aryl methyl sites for hydroxylation is 1. The maximum Gasteiger partial charge on any atom is 0.263 e. The summed E-state index contributed by atoms with van der Waals surface area (Å²) < 4.78 is 42.5. The minimum atomic E-state index is -4.28. The topological polar surface area (TPSA) is 73.5 Å². The Kier molecular flexibility index (Phi) is 9.53. The third-order valence-electron chi connectivity index (χ3n) is 7.08. The first kappa shape index (κ1) is 30.1. The first-order chi connectivity index (χ1) is 20.3. The Balaban J connectivity index is 1.46. The van der Waals surface area contributed by atoms with E-state index in [1.54, 1.807) is 30.2 Å². The molecule has 3 aromatic carbocycles. The number of aromatic nitrogens is 1. The van der Waals surface area contributed by atoms with Gasteiger partial charge in [-0.15, -0.1) is 0 Å². The second-order valence-electron chi connectivity index (χ2n) is 9.91. The molecule has 0 fully saturated rings. The lowest BCUT2D eigenvalue weighted by Crippen LogP contribution is -2.36.